The Kier molecular flexibility index (Phi) is 6.16. The summed E-state index contributed by atoms with van der Waals surface area (Å²) in [6.07, 6.45) is 0. The SMILES string of the molecule is CN(Cc1cccs1)c1c(SC(F)(F)F)cccc1N(N)C(=O)NN. The highest BCUT2D eigenvalue weighted by molar-refractivity contribution is 8.00. The Labute approximate surface area is 150 Å². The molecule has 2 aromatic rings. The van der Waals surface area contributed by atoms with E-state index in [0.29, 0.717) is 11.6 Å². The summed E-state index contributed by atoms with van der Waals surface area (Å²) in [6, 6.07) is 7.05. The average molecular weight is 391 g/mol. The van der Waals surface area contributed by atoms with E-state index in [2.05, 4.69) is 0 Å². The van der Waals surface area contributed by atoms with E-state index in [1.54, 1.807) is 11.9 Å². The predicted molar refractivity (Wildman–Crippen MR) is 94.2 cm³/mol. The van der Waals surface area contributed by atoms with Gasteiger partial charge in [0.25, 0.3) is 0 Å². The Morgan fingerprint density at radius 3 is 2.60 bits per heavy atom. The number of benzene rings is 1. The van der Waals surface area contributed by atoms with Crippen LogP contribution in [-0.4, -0.2) is 18.6 Å². The number of halogens is 3. The highest BCUT2D eigenvalue weighted by atomic mass is 32.2. The van der Waals surface area contributed by atoms with Gasteiger partial charge in [-0.1, -0.05) is 12.1 Å². The average Bonchev–Trinajstić information content (AvgIpc) is 3.04. The number of hydrazine groups is 2. The monoisotopic (exact) mass is 391 g/mol. The number of urea groups is 1. The molecule has 25 heavy (non-hydrogen) atoms. The fourth-order valence-electron chi connectivity index (χ4n) is 2.19. The molecule has 6 nitrogen and oxygen atoms in total. The third kappa shape index (κ3) is 5.01. The lowest BCUT2D eigenvalue weighted by Gasteiger charge is -2.28. The maximum atomic E-state index is 12.9. The topological polar surface area (TPSA) is 87.6 Å². The summed E-state index contributed by atoms with van der Waals surface area (Å²) in [4.78, 5) is 14.2. The first-order valence-corrected chi connectivity index (χ1v) is 8.60. The minimum absolute atomic E-state index is 0.0654. The number of nitrogens with two attached hydrogens (primary N) is 2. The predicted octanol–water partition coefficient (Wildman–Crippen LogP) is 3.26. The van der Waals surface area contributed by atoms with Gasteiger partial charge in [-0.25, -0.2) is 21.5 Å². The molecule has 1 aromatic carbocycles. The molecule has 0 aliphatic rings. The Bertz CT molecular complexity index is 724. The van der Waals surface area contributed by atoms with E-state index in [1.807, 2.05) is 22.9 Å². The molecule has 0 atom stereocenters. The first-order valence-electron chi connectivity index (χ1n) is 6.90. The highest BCUT2D eigenvalue weighted by Crippen LogP contribution is 2.45. The van der Waals surface area contributed by atoms with Crippen molar-refractivity contribution in [3.8, 4) is 0 Å². The standard InChI is InChI=1S/C14H16F3N5OS2/c1-21(8-9-4-3-7-24-9)12-10(22(19)13(23)20-18)5-2-6-11(12)25-14(15,16)17/h2-7H,8,18-19H2,1H3,(H,20,23). The van der Waals surface area contributed by atoms with Crippen LogP contribution in [0.5, 0.6) is 0 Å². The molecule has 5 N–H and O–H groups in total. The minimum Gasteiger partial charge on any atom is -0.367 e. The van der Waals surface area contributed by atoms with Crippen molar-refractivity contribution in [1.82, 2.24) is 5.43 Å². The quantitative estimate of drug-likeness (QED) is 0.315. The molecule has 11 heteroatoms. The van der Waals surface area contributed by atoms with Gasteiger partial charge < -0.3 is 4.90 Å². The highest BCUT2D eigenvalue weighted by Gasteiger charge is 2.32. The van der Waals surface area contributed by atoms with E-state index in [4.69, 9.17) is 11.7 Å². The molecule has 0 bridgehead atoms. The van der Waals surface area contributed by atoms with Gasteiger partial charge in [0.1, 0.15) is 0 Å². The van der Waals surface area contributed by atoms with Gasteiger partial charge in [-0.2, -0.15) is 13.2 Å². The van der Waals surface area contributed by atoms with Crippen molar-refractivity contribution < 1.29 is 18.0 Å². The third-order valence-electron chi connectivity index (χ3n) is 3.16. The van der Waals surface area contributed by atoms with Crippen LogP contribution in [0.25, 0.3) is 0 Å². The molecule has 1 heterocycles. The Hall–Kier alpha value is -1.95. The Morgan fingerprint density at radius 1 is 1.32 bits per heavy atom. The van der Waals surface area contributed by atoms with Crippen LogP contribution in [0.1, 0.15) is 4.88 Å². The van der Waals surface area contributed by atoms with Gasteiger partial charge in [0, 0.05) is 16.8 Å². The molecule has 0 aliphatic heterocycles. The lowest BCUT2D eigenvalue weighted by atomic mass is 10.2. The maximum absolute atomic E-state index is 12.9. The number of rotatable bonds is 5. The van der Waals surface area contributed by atoms with Crippen molar-refractivity contribution in [3.05, 3.63) is 40.6 Å². The summed E-state index contributed by atoms with van der Waals surface area (Å²) in [5, 5.41) is 2.55. The van der Waals surface area contributed by atoms with Gasteiger partial charge in [-0.3, -0.25) is 5.43 Å². The molecular weight excluding hydrogens is 375 g/mol. The van der Waals surface area contributed by atoms with Crippen molar-refractivity contribution in [2.45, 2.75) is 16.9 Å². The smallest absolute Gasteiger partial charge is 0.367 e. The summed E-state index contributed by atoms with van der Waals surface area (Å²) >= 11 is 1.21. The minimum atomic E-state index is -4.48. The first kappa shape index (κ1) is 19.4. The summed E-state index contributed by atoms with van der Waals surface area (Å²) in [5.41, 5.74) is -2.33. The Balaban J connectivity index is 2.48. The number of thioether (sulfide) groups is 1. The number of anilines is 2. The summed E-state index contributed by atoms with van der Waals surface area (Å²) in [5.74, 6) is 10.8. The number of amides is 2. The van der Waals surface area contributed by atoms with Crippen LogP contribution in [0.2, 0.25) is 0 Å². The van der Waals surface area contributed by atoms with Crippen LogP contribution in [0.3, 0.4) is 0 Å². The van der Waals surface area contributed by atoms with Gasteiger partial charge in [-0.05, 0) is 35.3 Å². The maximum Gasteiger partial charge on any atom is 0.446 e. The van der Waals surface area contributed by atoms with Crippen molar-refractivity contribution in [1.29, 1.82) is 0 Å². The van der Waals surface area contributed by atoms with Gasteiger partial charge in [0.05, 0.1) is 17.9 Å². The summed E-state index contributed by atoms with van der Waals surface area (Å²) in [6.45, 7) is 0.359. The molecule has 0 saturated carbocycles. The molecule has 0 unspecified atom stereocenters. The second kappa shape index (κ2) is 7.95. The summed E-state index contributed by atoms with van der Waals surface area (Å²) in [7, 11) is 1.63. The van der Waals surface area contributed by atoms with Crippen LogP contribution in [0.15, 0.2) is 40.6 Å². The third-order valence-corrected chi connectivity index (χ3v) is 4.80. The molecule has 2 amide bonds. The molecule has 136 valence electrons. The first-order chi connectivity index (χ1) is 11.7. The van der Waals surface area contributed by atoms with Crippen LogP contribution in [0, 0.1) is 0 Å². The number of carbonyl (C=O) groups excluding carboxylic acids is 1. The fourth-order valence-corrected chi connectivity index (χ4v) is 3.70. The number of hydrogen-bond acceptors (Lipinski definition) is 6. The van der Waals surface area contributed by atoms with Crippen LogP contribution < -0.4 is 27.0 Å². The number of carbonyl (C=O) groups is 1. The van der Waals surface area contributed by atoms with Crippen molar-refractivity contribution in [3.63, 3.8) is 0 Å². The number of alkyl halides is 3. The van der Waals surface area contributed by atoms with E-state index < -0.39 is 11.5 Å². The zero-order chi connectivity index (χ0) is 18.6. The number of thiophene rings is 1. The lowest BCUT2D eigenvalue weighted by molar-refractivity contribution is -0.0328. The van der Waals surface area contributed by atoms with Gasteiger partial charge in [0.15, 0.2) is 0 Å². The summed E-state index contributed by atoms with van der Waals surface area (Å²) < 4.78 is 38.8. The van der Waals surface area contributed by atoms with Gasteiger partial charge in [0.2, 0.25) is 0 Å². The number of nitrogens with one attached hydrogen (secondary N) is 1. The van der Waals surface area contributed by atoms with Crippen molar-refractivity contribution in [2.24, 2.45) is 11.7 Å². The molecule has 0 radical (unpaired) electrons. The largest absolute Gasteiger partial charge is 0.446 e. The molecule has 1 aromatic heterocycles. The van der Waals surface area contributed by atoms with Crippen LogP contribution in [-0.2, 0) is 6.54 Å². The van der Waals surface area contributed by atoms with E-state index in [0.717, 1.165) is 4.88 Å². The van der Waals surface area contributed by atoms with E-state index in [-0.39, 0.29) is 28.0 Å². The fraction of sp³-hybridized carbons (Fsp3) is 0.214. The molecule has 0 fully saturated rings. The van der Waals surface area contributed by atoms with Crippen molar-refractivity contribution >= 4 is 40.5 Å². The van der Waals surface area contributed by atoms with Gasteiger partial charge in [-0.15, -0.1) is 11.3 Å². The molecule has 0 saturated heterocycles. The van der Waals surface area contributed by atoms with E-state index in [1.165, 1.54) is 29.5 Å². The molecule has 2 rings (SSSR count). The lowest BCUT2D eigenvalue weighted by Crippen LogP contribution is -2.48. The Morgan fingerprint density at radius 2 is 2.04 bits per heavy atom. The molecular formula is C14H16F3N5OS2. The zero-order valence-corrected chi connectivity index (χ0v) is 14.7. The normalized spacial score (nSPS) is 11.3. The number of nitrogens with zero attached hydrogens (tertiary/aromatic N) is 2. The number of hydrogen-bond donors (Lipinski definition) is 3. The molecule has 0 spiro atoms. The zero-order valence-electron chi connectivity index (χ0n) is 13.1. The van der Waals surface area contributed by atoms with Crippen molar-refractivity contribution in [2.75, 3.05) is 17.0 Å². The molecule has 0 aliphatic carbocycles. The van der Waals surface area contributed by atoms with Gasteiger partial charge >= 0.3 is 11.5 Å². The van der Waals surface area contributed by atoms with E-state index in [9.17, 15) is 18.0 Å². The second-order valence-corrected chi connectivity index (χ2v) is 7.07. The second-order valence-electron chi connectivity index (χ2n) is 4.93. The van der Waals surface area contributed by atoms with Crippen LogP contribution in [0.4, 0.5) is 29.3 Å². The number of para-hydroxylation sites is 1. The van der Waals surface area contributed by atoms with E-state index >= 15 is 0 Å². The van der Waals surface area contributed by atoms with Crippen LogP contribution >= 0.6 is 23.1 Å².